The van der Waals surface area contributed by atoms with Gasteiger partial charge in [-0.05, 0) is 13.1 Å². The molecule has 4 N–H and O–H groups in total. The van der Waals surface area contributed by atoms with E-state index in [0.717, 1.165) is 52.4 Å². The Labute approximate surface area is 88.2 Å². The van der Waals surface area contributed by atoms with Gasteiger partial charge in [0.05, 0.1) is 0 Å². The molecule has 0 fully saturated rings. The summed E-state index contributed by atoms with van der Waals surface area (Å²) in [5, 5.41) is 0. The maximum absolute atomic E-state index is 5.53. The molecule has 0 bridgehead atoms. The molecule has 0 unspecified atom stereocenters. The quantitative estimate of drug-likeness (QED) is 0.531. The van der Waals surface area contributed by atoms with Gasteiger partial charge in [-0.1, -0.05) is 13.8 Å². The van der Waals surface area contributed by atoms with Gasteiger partial charge in [-0.15, -0.1) is 0 Å². The summed E-state index contributed by atoms with van der Waals surface area (Å²) in [6.07, 6.45) is 0. The number of hydrogen-bond donors (Lipinski definition) is 2. The smallest absolute Gasteiger partial charge is 0.0110 e. The van der Waals surface area contributed by atoms with Crippen molar-refractivity contribution in [3.8, 4) is 0 Å². The minimum atomic E-state index is 0.747. The zero-order valence-corrected chi connectivity index (χ0v) is 9.71. The van der Waals surface area contributed by atoms with Gasteiger partial charge in [0, 0.05) is 39.3 Å². The van der Waals surface area contributed by atoms with E-state index in [0.29, 0.717) is 0 Å². The van der Waals surface area contributed by atoms with Gasteiger partial charge in [0.25, 0.3) is 0 Å². The second-order valence-electron chi connectivity index (χ2n) is 3.45. The fourth-order valence-corrected chi connectivity index (χ4v) is 1.50. The van der Waals surface area contributed by atoms with Crippen molar-refractivity contribution in [2.75, 3.05) is 52.4 Å². The Bertz CT molecular complexity index is 105. The summed E-state index contributed by atoms with van der Waals surface area (Å²) < 4.78 is 0. The molecule has 0 saturated carbocycles. The highest BCUT2D eigenvalue weighted by molar-refractivity contribution is 4.61. The summed E-state index contributed by atoms with van der Waals surface area (Å²) in [6, 6.07) is 0. The maximum Gasteiger partial charge on any atom is 0.0110 e. The molecule has 0 aliphatic carbocycles. The normalized spacial score (nSPS) is 11.6. The summed E-state index contributed by atoms with van der Waals surface area (Å²) in [5.74, 6) is 0. The third-order valence-electron chi connectivity index (χ3n) is 2.52. The third kappa shape index (κ3) is 6.32. The number of nitrogens with zero attached hydrogens (tertiary/aromatic N) is 2. The average Bonchev–Trinajstić information content (AvgIpc) is 2.22. The van der Waals surface area contributed by atoms with Crippen molar-refractivity contribution in [2.45, 2.75) is 13.8 Å². The lowest BCUT2D eigenvalue weighted by Crippen LogP contribution is -2.39. The first-order valence-corrected chi connectivity index (χ1v) is 5.63. The molecule has 0 aromatic rings. The first-order chi connectivity index (χ1) is 6.78. The molecule has 0 saturated heterocycles. The van der Waals surface area contributed by atoms with Crippen LogP contribution in [0.2, 0.25) is 0 Å². The van der Waals surface area contributed by atoms with E-state index in [2.05, 4.69) is 23.6 Å². The van der Waals surface area contributed by atoms with E-state index >= 15 is 0 Å². The molecule has 86 valence electrons. The Hall–Kier alpha value is -0.160. The van der Waals surface area contributed by atoms with Crippen LogP contribution >= 0.6 is 0 Å². The van der Waals surface area contributed by atoms with Crippen LogP contribution in [-0.2, 0) is 0 Å². The van der Waals surface area contributed by atoms with Crippen LogP contribution in [0.1, 0.15) is 13.8 Å². The number of hydrogen-bond acceptors (Lipinski definition) is 4. The van der Waals surface area contributed by atoms with Crippen molar-refractivity contribution in [2.24, 2.45) is 11.5 Å². The third-order valence-corrected chi connectivity index (χ3v) is 2.52. The fourth-order valence-electron chi connectivity index (χ4n) is 1.50. The predicted octanol–water partition coefficient (Wildman–Crippen LogP) is -0.452. The molecule has 0 rings (SSSR count). The fraction of sp³-hybridized carbons (Fsp3) is 1.00. The average molecular weight is 202 g/mol. The van der Waals surface area contributed by atoms with Gasteiger partial charge in [-0.25, -0.2) is 0 Å². The van der Waals surface area contributed by atoms with E-state index in [1.54, 1.807) is 0 Å². The molecule has 0 aliphatic rings. The highest BCUT2D eigenvalue weighted by Crippen LogP contribution is 1.90. The number of rotatable bonds is 9. The molecule has 0 aromatic heterocycles. The van der Waals surface area contributed by atoms with Crippen LogP contribution < -0.4 is 11.5 Å². The van der Waals surface area contributed by atoms with Crippen LogP contribution in [0, 0.1) is 0 Å². The lowest BCUT2D eigenvalue weighted by atomic mass is 10.4. The van der Waals surface area contributed by atoms with E-state index in [1.165, 1.54) is 0 Å². The first-order valence-electron chi connectivity index (χ1n) is 5.63. The predicted molar refractivity (Wildman–Crippen MR) is 62.3 cm³/mol. The van der Waals surface area contributed by atoms with Crippen molar-refractivity contribution in [1.29, 1.82) is 0 Å². The molecule has 0 atom stereocenters. The molecular weight excluding hydrogens is 176 g/mol. The van der Waals surface area contributed by atoms with Gasteiger partial charge >= 0.3 is 0 Å². The second-order valence-corrected chi connectivity index (χ2v) is 3.45. The van der Waals surface area contributed by atoms with E-state index in [4.69, 9.17) is 11.5 Å². The van der Waals surface area contributed by atoms with E-state index < -0.39 is 0 Å². The minimum Gasteiger partial charge on any atom is -0.329 e. The van der Waals surface area contributed by atoms with Gasteiger partial charge in [-0.2, -0.15) is 0 Å². The van der Waals surface area contributed by atoms with Crippen molar-refractivity contribution < 1.29 is 0 Å². The standard InChI is InChI=1S/C10H26N4/c1-3-13(7-5-11)9-10-14(4-2)8-6-12/h3-12H2,1-2H3. The topological polar surface area (TPSA) is 58.5 Å². The molecule has 0 heterocycles. The van der Waals surface area contributed by atoms with Gasteiger partial charge in [-0.3, -0.25) is 0 Å². The van der Waals surface area contributed by atoms with Crippen molar-refractivity contribution in [3.63, 3.8) is 0 Å². The maximum atomic E-state index is 5.53. The lowest BCUT2D eigenvalue weighted by Gasteiger charge is -2.25. The molecule has 0 aliphatic heterocycles. The molecular formula is C10H26N4. The van der Waals surface area contributed by atoms with Crippen LogP contribution in [0.15, 0.2) is 0 Å². The van der Waals surface area contributed by atoms with E-state index in [-0.39, 0.29) is 0 Å². The van der Waals surface area contributed by atoms with Gasteiger partial charge in [0.1, 0.15) is 0 Å². The zero-order chi connectivity index (χ0) is 10.8. The van der Waals surface area contributed by atoms with E-state index in [1.807, 2.05) is 0 Å². The number of nitrogens with two attached hydrogens (primary N) is 2. The second kappa shape index (κ2) is 9.40. The van der Waals surface area contributed by atoms with E-state index in [9.17, 15) is 0 Å². The van der Waals surface area contributed by atoms with Gasteiger partial charge in [0.15, 0.2) is 0 Å². The monoisotopic (exact) mass is 202 g/mol. The molecule has 0 aromatic carbocycles. The molecule has 14 heavy (non-hydrogen) atoms. The largest absolute Gasteiger partial charge is 0.329 e. The molecule has 0 spiro atoms. The van der Waals surface area contributed by atoms with Gasteiger partial charge in [0.2, 0.25) is 0 Å². The highest BCUT2D eigenvalue weighted by Gasteiger charge is 2.04. The molecule has 0 radical (unpaired) electrons. The Morgan fingerprint density at radius 1 is 0.714 bits per heavy atom. The van der Waals surface area contributed by atoms with Gasteiger partial charge < -0.3 is 21.3 Å². The van der Waals surface area contributed by atoms with Crippen molar-refractivity contribution in [1.82, 2.24) is 9.80 Å². The highest BCUT2D eigenvalue weighted by atomic mass is 15.2. The van der Waals surface area contributed by atoms with Crippen LogP contribution in [0.5, 0.6) is 0 Å². The Morgan fingerprint density at radius 2 is 1.07 bits per heavy atom. The summed E-state index contributed by atoms with van der Waals surface area (Å²) in [4.78, 5) is 4.75. The van der Waals surface area contributed by atoms with Crippen LogP contribution in [0.25, 0.3) is 0 Å². The van der Waals surface area contributed by atoms with Crippen molar-refractivity contribution in [3.05, 3.63) is 0 Å². The summed E-state index contributed by atoms with van der Waals surface area (Å²) >= 11 is 0. The SMILES string of the molecule is CCN(CCN)CCN(CC)CCN. The van der Waals surface area contributed by atoms with Crippen LogP contribution in [0.3, 0.4) is 0 Å². The Morgan fingerprint density at radius 3 is 1.29 bits per heavy atom. The first kappa shape index (κ1) is 13.8. The number of likely N-dealkylation sites (N-methyl/N-ethyl adjacent to an activating group) is 2. The Balaban J connectivity index is 3.63. The lowest BCUT2D eigenvalue weighted by molar-refractivity contribution is 0.221. The van der Waals surface area contributed by atoms with Crippen molar-refractivity contribution >= 4 is 0 Å². The zero-order valence-electron chi connectivity index (χ0n) is 9.71. The molecule has 4 nitrogen and oxygen atoms in total. The summed E-state index contributed by atoms with van der Waals surface area (Å²) in [6.45, 7) is 12.2. The molecule has 4 heteroatoms. The molecule has 0 amide bonds. The van der Waals surface area contributed by atoms with Crippen LogP contribution in [-0.4, -0.2) is 62.2 Å². The van der Waals surface area contributed by atoms with Crippen LogP contribution in [0.4, 0.5) is 0 Å². The Kier molecular flexibility index (Phi) is 9.29. The summed E-state index contributed by atoms with van der Waals surface area (Å²) in [7, 11) is 0. The summed E-state index contributed by atoms with van der Waals surface area (Å²) in [5.41, 5.74) is 11.1. The minimum absolute atomic E-state index is 0.747.